The first-order valence-electron chi connectivity index (χ1n) is 9.92. The van der Waals surface area contributed by atoms with Crippen molar-refractivity contribution < 1.29 is 17.6 Å². The van der Waals surface area contributed by atoms with E-state index in [0.717, 1.165) is 11.4 Å². The number of carbonyl (C=O) groups is 1. The summed E-state index contributed by atoms with van der Waals surface area (Å²) in [4.78, 5) is 20.0. The molecule has 0 aliphatic rings. The van der Waals surface area contributed by atoms with Gasteiger partial charge >= 0.3 is 0 Å². The van der Waals surface area contributed by atoms with E-state index >= 15 is 0 Å². The minimum Gasteiger partial charge on any atom is -0.379 e. The Morgan fingerprint density at radius 2 is 1.88 bits per heavy atom. The molecule has 0 aliphatic heterocycles. The number of sulfonamides is 1. The summed E-state index contributed by atoms with van der Waals surface area (Å²) in [5, 5.41) is 5.71. The van der Waals surface area contributed by atoms with Crippen molar-refractivity contribution in [2.75, 3.05) is 10.6 Å². The fourth-order valence-electron chi connectivity index (χ4n) is 2.97. The standard InChI is InChI=1S/C22H26FN5O3S/c1-14-20(26-13-25-14)12-24-18-8-15(21(29)27-17-7-5-6-16(23)10-17)9-19(11-18)32(30,31)28-22(2,3)4/h5-11,13,24,28H,12H2,1-4H3,(H,25,26)(H,27,29). The van der Waals surface area contributed by atoms with Crippen molar-refractivity contribution >= 4 is 27.3 Å². The minimum absolute atomic E-state index is 0.0689. The van der Waals surface area contributed by atoms with Gasteiger partial charge in [-0.15, -0.1) is 0 Å². The molecule has 0 aliphatic carbocycles. The molecule has 2 aromatic carbocycles. The second kappa shape index (κ2) is 9.09. The first kappa shape index (κ1) is 23.4. The van der Waals surface area contributed by atoms with Crippen LogP contribution < -0.4 is 15.4 Å². The largest absolute Gasteiger partial charge is 0.379 e. The van der Waals surface area contributed by atoms with Crippen molar-refractivity contribution in [3.8, 4) is 0 Å². The number of imidazole rings is 1. The monoisotopic (exact) mass is 459 g/mol. The zero-order chi connectivity index (χ0) is 23.5. The third-order valence-corrected chi connectivity index (χ3v) is 6.13. The van der Waals surface area contributed by atoms with Crippen LogP contribution in [0.2, 0.25) is 0 Å². The highest BCUT2D eigenvalue weighted by atomic mass is 32.2. The van der Waals surface area contributed by atoms with Gasteiger partial charge in [0, 0.05) is 28.2 Å². The summed E-state index contributed by atoms with van der Waals surface area (Å²) >= 11 is 0. The number of nitrogens with one attached hydrogen (secondary N) is 4. The third-order valence-electron chi connectivity index (χ3n) is 4.40. The van der Waals surface area contributed by atoms with Crippen LogP contribution in [0.25, 0.3) is 0 Å². The molecule has 0 radical (unpaired) electrons. The molecule has 0 saturated carbocycles. The summed E-state index contributed by atoms with van der Waals surface area (Å²) in [6.45, 7) is 7.38. The number of hydrogen-bond donors (Lipinski definition) is 4. The number of nitrogens with zero attached hydrogens (tertiary/aromatic N) is 1. The molecular formula is C22H26FN5O3S. The second-order valence-electron chi connectivity index (χ2n) is 8.39. The summed E-state index contributed by atoms with van der Waals surface area (Å²) in [7, 11) is -3.91. The number of benzene rings is 2. The molecule has 4 N–H and O–H groups in total. The number of H-pyrrole nitrogens is 1. The summed E-state index contributed by atoms with van der Waals surface area (Å²) in [6.07, 6.45) is 1.57. The van der Waals surface area contributed by atoms with Crippen LogP contribution in [0.3, 0.4) is 0 Å². The van der Waals surface area contributed by atoms with E-state index in [0.29, 0.717) is 12.2 Å². The molecule has 1 heterocycles. The van der Waals surface area contributed by atoms with Gasteiger partial charge in [0.05, 0.1) is 23.5 Å². The first-order valence-corrected chi connectivity index (χ1v) is 11.4. The van der Waals surface area contributed by atoms with Crippen molar-refractivity contribution in [2.24, 2.45) is 0 Å². The van der Waals surface area contributed by atoms with E-state index < -0.39 is 27.3 Å². The summed E-state index contributed by atoms with van der Waals surface area (Å²) in [6, 6.07) is 9.73. The fraction of sp³-hybridized carbons (Fsp3) is 0.273. The van der Waals surface area contributed by atoms with Gasteiger partial charge in [-0.25, -0.2) is 22.5 Å². The number of halogens is 1. The van der Waals surface area contributed by atoms with Crippen LogP contribution in [-0.2, 0) is 16.6 Å². The number of carbonyl (C=O) groups excluding carboxylic acids is 1. The third kappa shape index (κ3) is 6.14. The number of aromatic amines is 1. The Labute approximate surface area is 186 Å². The first-order chi connectivity index (χ1) is 14.9. The molecule has 32 heavy (non-hydrogen) atoms. The van der Waals surface area contributed by atoms with E-state index in [4.69, 9.17) is 0 Å². The quantitative estimate of drug-likeness (QED) is 0.429. The zero-order valence-corrected chi connectivity index (χ0v) is 19.1. The topological polar surface area (TPSA) is 116 Å². The van der Waals surface area contributed by atoms with Gasteiger partial charge in [0.15, 0.2) is 0 Å². The Morgan fingerprint density at radius 1 is 1.12 bits per heavy atom. The summed E-state index contributed by atoms with van der Waals surface area (Å²) < 4.78 is 41.9. The van der Waals surface area contributed by atoms with Crippen molar-refractivity contribution in [3.63, 3.8) is 0 Å². The molecule has 3 rings (SSSR count). The molecule has 10 heteroatoms. The number of aromatic nitrogens is 2. The van der Waals surface area contributed by atoms with Gasteiger partial charge in [-0.3, -0.25) is 4.79 Å². The van der Waals surface area contributed by atoms with Crippen molar-refractivity contribution in [2.45, 2.75) is 44.7 Å². The number of anilines is 2. The van der Waals surface area contributed by atoms with Crippen LogP contribution in [-0.4, -0.2) is 29.8 Å². The van der Waals surface area contributed by atoms with Crippen LogP contribution in [0, 0.1) is 12.7 Å². The Bertz CT molecular complexity index is 1230. The molecule has 0 spiro atoms. The van der Waals surface area contributed by atoms with Crippen LogP contribution in [0.1, 0.15) is 42.5 Å². The molecule has 170 valence electrons. The Kier molecular flexibility index (Phi) is 6.65. The molecule has 3 aromatic rings. The SMILES string of the molecule is Cc1[nH]cnc1CNc1cc(C(=O)Nc2cccc(F)c2)cc(S(=O)(=O)NC(C)(C)C)c1. The number of aryl methyl sites for hydroxylation is 1. The van der Waals surface area contributed by atoms with Crippen LogP contribution >= 0.6 is 0 Å². The van der Waals surface area contributed by atoms with Gasteiger partial charge in [0.1, 0.15) is 5.82 Å². The summed E-state index contributed by atoms with van der Waals surface area (Å²) in [5.41, 5.74) is 1.72. The van der Waals surface area contributed by atoms with Gasteiger partial charge in [-0.1, -0.05) is 6.07 Å². The van der Waals surface area contributed by atoms with Gasteiger partial charge in [-0.05, 0) is 64.1 Å². The highest BCUT2D eigenvalue weighted by Gasteiger charge is 2.24. The van der Waals surface area contributed by atoms with E-state index in [9.17, 15) is 17.6 Å². The van der Waals surface area contributed by atoms with Crippen LogP contribution in [0.4, 0.5) is 15.8 Å². The van der Waals surface area contributed by atoms with E-state index in [-0.39, 0.29) is 16.1 Å². The summed E-state index contributed by atoms with van der Waals surface area (Å²) in [5.74, 6) is -1.06. The maximum absolute atomic E-state index is 13.5. The fourth-order valence-corrected chi connectivity index (χ4v) is 4.46. The van der Waals surface area contributed by atoms with Crippen LogP contribution in [0.5, 0.6) is 0 Å². The second-order valence-corrected chi connectivity index (χ2v) is 10.1. The molecule has 1 aromatic heterocycles. The molecule has 0 bridgehead atoms. The lowest BCUT2D eigenvalue weighted by Gasteiger charge is -2.21. The molecule has 8 nitrogen and oxygen atoms in total. The van der Waals surface area contributed by atoms with E-state index in [2.05, 4.69) is 25.3 Å². The van der Waals surface area contributed by atoms with Gasteiger partial charge in [0.25, 0.3) is 5.91 Å². The average Bonchev–Trinajstić information content (AvgIpc) is 3.09. The number of amides is 1. The molecule has 0 saturated heterocycles. The van der Waals surface area contributed by atoms with Crippen molar-refractivity contribution in [1.29, 1.82) is 0 Å². The molecule has 0 fully saturated rings. The molecule has 1 amide bonds. The molecule has 0 unspecified atom stereocenters. The Hall–Kier alpha value is -3.24. The van der Waals surface area contributed by atoms with Crippen molar-refractivity contribution in [3.05, 3.63) is 71.6 Å². The highest BCUT2D eigenvalue weighted by molar-refractivity contribution is 7.89. The predicted octanol–water partition coefficient (Wildman–Crippen LogP) is 3.80. The molecular weight excluding hydrogens is 433 g/mol. The minimum atomic E-state index is -3.91. The van der Waals surface area contributed by atoms with E-state index in [1.807, 2.05) is 6.92 Å². The van der Waals surface area contributed by atoms with Crippen molar-refractivity contribution in [1.82, 2.24) is 14.7 Å². The van der Waals surface area contributed by atoms with Gasteiger partial charge < -0.3 is 15.6 Å². The van der Waals surface area contributed by atoms with E-state index in [1.54, 1.807) is 33.2 Å². The maximum Gasteiger partial charge on any atom is 0.255 e. The Morgan fingerprint density at radius 3 is 2.50 bits per heavy atom. The normalized spacial score (nSPS) is 11.9. The lowest BCUT2D eigenvalue weighted by Crippen LogP contribution is -2.40. The highest BCUT2D eigenvalue weighted by Crippen LogP contribution is 2.22. The smallest absolute Gasteiger partial charge is 0.255 e. The van der Waals surface area contributed by atoms with Crippen LogP contribution in [0.15, 0.2) is 53.7 Å². The van der Waals surface area contributed by atoms with Gasteiger partial charge in [0.2, 0.25) is 10.0 Å². The Balaban J connectivity index is 1.95. The zero-order valence-electron chi connectivity index (χ0n) is 18.3. The number of rotatable bonds is 7. The maximum atomic E-state index is 13.5. The predicted molar refractivity (Wildman–Crippen MR) is 122 cm³/mol. The number of hydrogen-bond acceptors (Lipinski definition) is 5. The average molecular weight is 460 g/mol. The lowest BCUT2D eigenvalue weighted by molar-refractivity contribution is 0.102. The lowest BCUT2D eigenvalue weighted by atomic mass is 10.1. The van der Waals surface area contributed by atoms with E-state index in [1.165, 1.54) is 36.4 Å². The van der Waals surface area contributed by atoms with Gasteiger partial charge in [-0.2, -0.15) is 0 Å². The molecule has 0 atom stereocenters.